The maximum atomic E-state index is 12.1. The SMILES string of the molecule is Cc1cc2c(c([C@]3(C)CCCC3(C)C)c1)C(=O)OC2=O. The molecule has 0 unspecified atom stereocenters. The van der Waals surface area contributed by atoms with Crippen molar-refractivity contribution in [2.75, 3.05) is 0 Å². The average Bonchev–Trinajstić information content (AvgIpc) is 2.77. The summed E-state index contributed by atoms with van der Waals surface area (Å²) in [5.74, 6) is -0.988. The van der Waals surface area contributed by atoms with Crippen LogP contribution in [0.25, 0.3) is 0 Å². The van der Waals surface area contributed by atoms with Crippen molar-refractivity contribution in [3.8, 4) is 0 Å². The van der Waals surface area contributed by atoms with Crippen LogP contribution in [0, 0.1) is 12.3 Å². The Bertz CT molecular complexity index is 627. The molecule has 0 amide bonds. The molecule has 3 nitrogen and oxygen atoms in total. The second-order valence-corrected chi connectivity index (χ2v) is 6.98. The number of hydrogen-bond donors (Lipinski definition) is 0. The fourth-order valence-electron chi connectivity index (χ4n) is 3.79. The average molecular weight is 272 g/mol. The van der Waals surface area contributed by atoms with Crippen LogP contribution in [0.5, 0.6) is 0 Å². The largest absolute Gasteiger partial charge is 0.386 e. The normalized spacial score (nSPS) is 27.6. The zero-order chi connectivity index (χ0) is 14.7. The number of cyclic esters (lactones) is 2. The van der Waals surface area contributed by atoms with E-state index in [0.717, 1.165) is 30.4 Å². The minimum atomic E-state index is -0.505. The maximum absolute atomic E-state index is 12.1. The van der Waals surface area contributed by atoms with Gasteiger partial charge >= 0.3 is 11.9 Å². The Kier molecular flexibility index (Phi) is 2.63. The van der Waals surface area contributed by atoms with Crippen molar-refractivity contribution in [1.82, 2.24) is 0 Å². The number of rotatable bonds is 1. The molecule has 0 bridgehead atoms. The van der Waals surface area contributed by atoms with Crippen molar-refractivity contribution in [3.05, 3.63) is 34.4 Å². The van der Waals surface area contributed by atoms with Crippen molar-refractivity contribution >= 4 is 11.9 Å². The van der Waals surface area contributed by atoms with Crippen LogP contribution in [0.4, 0.5) is 0 Å². The molecule has 0 spiro atoms. The Morgan fingerprint density at radius 2 is 1.75 bits per heavy atom. The zero-order valence-electron chi connectivity index (χ0n) is 12.5. The van der Waals surface area contributed by atoms with Gasteiger partial charge in [-0.05, 0) is 47.8 Å². The van der Waals surface area contributed by atoms with Gasteiger partial charge in [-0.25, -0.2) is 9.59 Å². The second-order valence-electron chi connectivity index (χ2n) is 6.98. The third-order valence-corrected chi connectivity index (χ3v) is 5.46. The molecular weight excluding hydrogens is 252 g/mol. The number of esters is 2. The van der Waals surface area contributed by atoms with E-state index in [2.05, 4.69) is 26.8 Å². The van der Waals surface area contributed by atoms with Crippen molar-refractivity contribution in [2.45, 2.75) is 52.4 Å². The molecule has 0 aromatic heterocycles. The number of carbonyl (C=O) groups excluding carboxylic acids is 2. The Balaban J connectivity index is 2.29. The molecule has 0 saturated heterocycles. The summed E-state index contributed by atoms with van der Waals surface area (Å²) in [5.41, 5.74) is 2.96. The molecule has 2 aliphatic rings. The van der Waals surface area contributed by atoms with Gasteiger partial charge in [0.05, 0.1) is 11.1 Å². The van der Waals surface area contributed by atoms with E-state index in [1.807, 2.05) is 6.92 Å². The Morgan fingerprint density at radius 1 is 1.05 bits per heavy atom. The van der Waals surface area contributed by atoms with Crippen molar-refractivity contribution in [3.63, 3.8) is 0 Å². The molecule has 20 heavy (non-hydrogen) atoms. The van der Waals surface area contributed by atoms with Crippen LogP contribution in [-0.2, 0) is 10.2 Å². The third-order valence-electron chi connectivity index (χ3n) is 5.46. The highest BCUT2D eigenvalue weighted by atomic mass is 16.6. The fourth-order valence-corrected chi connectivity index (χ4v) is 3.79. The van der Waals surface area contributed by atoms with Gasteiger partial charge in [-0.1, -0.05) is 33.3 Å². The zero-order valence-corrected chi connectivity index (χ0v) is 12.5. The van der Waals surface area contributed by atoms with E-state index >= 15 is 0 Å². The Hall–Kier alpha value is -1.64. The minimum absolute atomic E-state index is 0.0905. The van der Waals surface area contributed by atoms with Crippen LogP contribution in [0.1, 0.15) is 71.9 Å². The summed E-state index contributed by atoms with van der Waals surface area (Å²) in [7, 11) is 0. The predicted octanol–water partition coefficient (Wildman–Crippen LogP) is 3.77. The van der Waals surface area contributed by atoms with E-state index in [0.29, 0.717) is 11.1 Å². The number of hydrogen-bond acceptors (Lipinski definition) is 3. The van der Waals surface area contributed by atoms with Gasteiger partial charge in [0.25, 0.3) is 0 Å². The first-order valence-electron chi connectivity index (χ1n) is 7.18. The molecular formula is C17H20O3. The molecule has 106 valence electrons. The topological polar surface area (TPSA) is 43.4 Å². The quantitative estimate of drug-likeness (QED) is 0.577. The van der Waals surface area contributed by atoms with Gasteiger partial charge in [0.2, 0.25) is 0 Å². The molecule has 3 rings (SSSR count). The summed E-state index contributed by atoms with van der Waals surface area (Å²) >= 11 is 0. The standard InChI is InChI=1S/C17H20O3/c1-10-8-11-13(15(19)20-14(11)18)12(9-10)17(4)7-5-6-16(17,2)3/h8-9H,5-7H2,1-4H3/t17-/m0/s1. The summed E-state index contributed by atoms with van der Waals surface area (Å²) in [6.45, 7) is 8.67. The van der Waals surface area contributed by atoms with Crippen LogP contribution < -0.4 is 0 Å². The monoisotopic (exact) mass is 272 g/mol. The molecule has 1 aromatic rings. The number of benzene rings is 1. The van der Waals surface area contributed by atoms with Crippen molar-refractivity contribution in [1.29, 1.82) is 0 Å². The highest BCUT2D eigenvalue weighted by Crippen LogP contribution is 2.55. The molecule has 3 heteroatoms. The molecule has 1 heterocycles. The third kappa shape index (κ3) is 1.58. The van der Waals surface area contributed by atoms with Crippen LogP contribution in [0.2, 0.25) is 0 Å². The van der Waals surface area contributed by atoms with E-state index in [1.165, 1.54) is 0 Å². The lowest BCUT2D eigenvalue weighted by molar-refractivity contribution is 0.0442. The van der Waals surface area contributed by atoms with Gasteiger partial charge in [-0.2, -0.15) is 0 Å². The van der Waals surface area contributed by atoms with Gasteiger partial charge in [0.1, 0.15) is 0 Å². The lowest BCUT2D eigenvalue weighted by atomic mass is 9.64. The first kappa shape index (κ1) is 13.3. The van der Waals surface area contributed by atoms with Gasteiger partial charge in [0, 0.05) is 0 Å². The summed E-state index contributed by atoms with van der Waals surface area (Å²) in [6.07, 6.45) is 3.32. The molecule has 1 atom stereocenters. The molecule has 0 N–H and O–H groups in total. The summed E-state index contributed by atoms with van der Waals surface area (Å²) in [4.78, 5) is 23.9. The highest BCUT2D eigenvalue weighted by Gasteiger charge is 2.49. The molecule has 1 fully saturated rings. The summed E-state index contributed by atoms with van der Waals surface area (Å²) < 4.78 is 4.82. The molecule has 1 saturated carbocycles. The second kappa shape index (κ2) is 3.94. The number of ether oxygens (including phenoxy) is 1. The van der Waals surface area contributed by atoms with Gasteiger partial charge in [0.15, 0.2) is 0 Å². The van der Waals surface area contributed by atoms with E-state index < -0.39 is 11.9 Å². The van der Waals surface area contributed by atoms with E-state index in [-0.39, 0.29) is 10.8 Å². The number of fused-ring (bicyclic) bond motifs is 1. The smallest absolute Gasteiger partial charge is 0.347 e. The first-order valence-corrected chi connectivity index (χ1v) is 7.18. The molecule has 1 aliphatic heterocycles. The minimum Gasteiger partial charge on any atom is -0.386 e. The Morgan fingerprint density at radius 3 is 2.35 bits per heavy atom. The van der Waals surface area contributed by atoms with E-state index in [1.54, 1.807) is 6.07 Å². The molecule has 0 radical (unpaired) electrons. The van der Waals surface area contributed by atoms with Gasteiger partial charge < -0.3 is 4.74 Å². The summed E-state index contributed by atoms with van der Waals surface area (Å²) in [5, 5.41) is 0. The van der Waals surface area contributed by atoms with Crippen LogP contribution in [0.3, 0.4) is 0 Å². The molecule has 1 aromatic carbocycles. The van der Waals surface area contributed by atoms with E-state index in [9.17, 15) is 9.59 Å². The maximum Gasteiger partial charge on any atom is 0.347 e. The highest BCUT2D eigenvalue weighted by molar-refractivity contribution is 6.15. The number of carbonyl (C=O) groups is 2. The first-order chi connectivity index (χ1) is 9.26. The fraction of sp³-hybridized carbons (Fsp3) is 0.529. The lowest BCUT2D eigenvalue weighted by Crippen LogP contribution is -2.35. The van der Waals surface area contributed by atoms with Gasteiger partial charge in [-0.15, -0.1) is 0 Å². The van der Waals surface area contributed by atoms with Crippen molar-refractivity contribution in [2.24, 2.45) is 5.41 Å². The Labute approximate surface area is 119 Å². The summed E-state index contributed by atoms with van der Waals surface area (Å²) in [6, 6.07) is 3.82. The van der Waals surface area contributed by atoms with E-state index in [4.69, 9.17) is 4.74 Å². The van der Waals surface area contributed by atoms with Crippen LogP contribution in [0.15, 0.2) is 12.1 Å². The molecule has 1 aliphatic carbocycles. The van der Waals surface area contributed by atoms with Crippen LogP contribution in [-0.4, -0.2) is 11.9 Å². The lowest BCUT2D eigenvalue weighted by Gasteiger charge is -2.40. The van der Waals surface area contributed by atoms with Crippen LogP contribution >= 0.6 is 0 Å². The predicted molar refractivity (Wildman–Crippen MR) is 75.9 cm³/mol. The van der Waals surface area contributed by atoms with Crippen molar-refractivity contribution < 1.29 is 14.3 Å². The van der Waals surface area contributed by atoms with Gasteiger partial charge in [-0.3, -0.25) is 0 Å². The number of aryl methyl sites for hydroxylation is 1.